The molecule has 2 aliphatic rings. The first kappa shape index (κ1) is 21.3. The number of carbonyl (C=O) groups excluding carboxylic acids is 1. The number of halogens is 2. The van der Waals surface area contributed by atoms with E-state index in [1.807, 2.05) is 17.9 Å². The minimum atomic E-state index is -0.864. The van der Waals surface area contributed by atoms with Gasteiger partial charge in [-0.15, -0.1) is 0 Å². The summed E-state index contributed by atoms with van der Waals surface area (Å²) in [5.74, 6) is 0.635. The quantitative estimate of drug-likeness (QED) is 0.577. The second-order valence-corrected chi connectivity index (χ2v) is 8.60. The van der Waals surface area contributed by atoms with Crippen molar-refractivity contribution in [3.63, 3.8) is 0 Å². The molecule has 0 aromatic heterocycles. The molecule has 2 N–H and O–H groups in total. The highest BCUT2D eigenvalue weighted by atomic mass is 127. The number of benzene rings is 1. The summed E-state index contributed by atoms with van der Waals surface area (Å²) in [5, 5.41) is 12.8. The monoisotopic (exact) mass is 522 g/mol. The smallest absolute Gasteiger partial charge is 0.407 e. The SMILES string of the molecule is COc1cc(Cl)c(I)cc1NC(C)C(=O)N1CCN(C2CN(C(=O)O)C2)CC1. The van der Waals surface area contributed by atoms with Crippen LogP contribution in [0.1, 0.15) is 6.92 Å². The number of hydrogen-bond donors (Lipinski definition) is 2. The molecule has 28 heavy (non-hydrogen) atoms. The number of likely N-dealkylation sites (tertiary alicyclic amines) is 1. The van der Waals surface area contributed by atoms with E-state index in [4.69, 9.17) is 21.4 Å². The number of hydrogen-bond acceptors (Lipinski definition) is 5. The third-order valence-electron chi connectivity index (χ3n) is 5.26. The van der Waals surface area contributed by atoms with E-state index in [2.05, 4.69) is 32.8 Å². The molecule has 154 valence electrons. The normalized spacial score (nSPS) is 19.1. The number of piperazine rings is 1. The van der Waals surface area contributed by atoms with Crippen molar-refractivity contribution >= 4 is 51.9 Å². The van der Waals surface area contributed by atoms with Crippen molar-refractivity contribution in [1.29, 1.82) is 0 Å². The van der Waals surface area contributed by atoms with Gasteiger partial charge < -0.3 is 25.0 Å². The lowest BCUT2D eigenvalue weighted by molar-refractivity contribution is -0.134. The molecule has 1 unspecified atom stereocenters. The van der Waals surface area contributed by atoms with Gasteiger partial charge in [0.05, 0.1) is 17.8 Å². The van der Waals surface area contributed by atoms with Crippen molar-refractivity contribution in [3.05, 3.63) is 20.7 Å². The molecule has 10 heteroatoms. The van der Waals surface area contributed by atoms with Crippen LogP contribution in [0.2, 0.25) is 5.02 Å². The van der Waals surface area contributed by atoms with E-state index in [1.165, 1.54) is 4.90 Å². The Bertz CT molecular complexity index is 751. The average Bonchev–Trinajstić information content (AvgIpc) is 2.63. The Morgan fingerprint density at radius 3 is 2.46 bits per heavy atom. The van der Waals surface area contributed by atoms with Crippen LogP contribution in [0.4, 0.5) is 10.5 Å². The average molecular weight is 523 g/mol. The molecule has 2 aliphatic heterocycles. The van der Waals surface area contributed by atoms with E-state index in [0.717, 1.165) is 22.3 Å². The fraction of sp³-hybridized carbons (Fsp3) is 0.556. The number of methoxy groups -OCH3 is 1. The zero-order chi connectivity index (χ0) is 20.4. The molecule has 8 nitrogen and oxygen atoms in total. The summed E-state index contributed by atoms with van der Waals surface area (Å²) in [6.45, 7) is 5.75. The molecular formula is C18H24ClIN4O4. The molecule has 1 aromatic rings. The van der Waals surface area contributed by atoms with E-state index in [0.29, 0.717) is 37.0 Å². The largest absolute Gasteiger partial charge is 0.495 e. The minimum Gasteiger partial charge on any atom is -0.495 e. The maximum Gasteiger partial charge on any atom is 0.407 e. The van der Waals surface area contributed by atoms with Crippen molar-refractivity contribution in [2.24, 2.45) is 0 Å². The van der Waals surface area contributed by atoms with Gasteiger partial charge in [0.2, 0.25) is 5.91 Å². The summed E-state index contributed by atoms with van der Waals surface area (Å²) in [5.41, 5.74) is 0.735. The predicted molar refractivity (Wildman–Crippen MR) is 115 cm³/mol. The maximum absolute atomic E-state index is 12.8. The van der Waals surface area contributed by atoms with Crippen molar-refractivity contribution < 1.29 is 19.4 Å². The zero-order valence-corrected chi connectivity index (χ0v) is 18.7. The highest BCUT2D eigenvalue weighted by molar-refractivity contribution is 14.1. The second-order valence-electron chi connectivity index (χ2n) is 7.04. The molecule has 3 rings (SSSR count). The van der Waals surface area contributed by atoms with Gasteiger partial charge in [0, 0.05) is 54.9 Å². The topological polar surface area (TPSA) is 85.4 Å². The summed E-state index contributed by atoms with van der Waals surface area (Å²) in [7, 11) is 1.57. The molecule has 2 fully saturated rings. The fourth-order valence-corrected chi connectivity index (χ4v) is 4.15. The molecule has 1 aromatic carbocycles. The highest BCUT2D eigenvalue weighted by Crippen LogP contribution is 2.32. The standard InChI is InChI=1S/C18H24ClIN4O4/c1-11(21-15-8-14(20)13(19)7-16(15)28-2)17(25)23-5-3-22(4-6-23)12-9-24(10-12)18(26)27/h7-8,11-12,21H,3-6,9-10H2,1-2H3,(H,26,27). The molecule has 0 aliphatic carbocycles. The number of carboxylic acid groups (broad SMARTS) is 1. The van der Waals surface area contributed by atoms with Crippen molar-refractivity contribution in [3.8, 4) is 5.75 Å². The highest BCUT2D eigenvalue weighted by Gasteiger charge is 2.37. The van der Waals surface area contributed by atoms with Crippen LogP contribution in [-0.4, -0.2) is 90.3 Å². The Morgan fingerprint density at radius 2 is 1.89 bits per heavy atom. The third-order valence-corrected chi connectivity index (χ3v) is 6.78. The number of amides is 2. The van der Waals surface area contributed by atoms with Crippen LogP contribution < -0.4 is 10.1 Å². The van der Waals surface area contributed by atoms with Gasteiger partial charge in [-0.1, -0.05) is 11.6 Å². The molecule has 2 saturated heterocycles. The van der Waals surface area contributed by atoms with E-state index in [-0.39, 0.29) is 11.9 Å². The Hall–Kier alpha value is -1.46. The third kappa shape index (κ3) is 4.57. The number of nitrogens with one attached hydrogen (secondary N) is 1. The number of anilines is 1. The molecule has 0 bridgehead atoms. The molecule has 2 amide bonds. The van der Waals surface area contributed by atoms with Crippen molar-refractivity contribution in [1.82, 2.24) is 14.7 Å². The maximum atomic E-state index is 12.8. The first-order valence-electron chi connectivity index (χ1n) is 9.10. The molecule has 0 spiro atoms. The lowest BCUT2D eigenvalue weighted by Gasteiger charge is -2.47. The van der Waals surface area contributed by atoms with Gasteiger partial charge in [-0.25, -0.2) is 4.79 Å². The van der Waals surface area contributed by atoms with Crippen LogP contribution in [0.15, 0.2) is 12.1 Å². The summed E-state index contributed by atoms with van der Waals surface area (Å²) in [6, 6.07) is 3.47. The Morgan fingerprint density at radius 1 is 1.25 bits per heavy atom. The van der Waals surface area contributed by atoms with Crippen molar-refractivity contribution in [2.75, 3.05) is 51.7 Å². The fourth-order valence-electron chi connectivity index (χ4n) is 3.53. The minimum absolute atomic E-state index is 0.0347. The lowest BCUT2D eigenvalue weighted by atomic mass is 10.1. The number of nitrogens with zero attached hydrogens (tertiary/aromatic N) is 3. The molecule has 2 heterocycles. The summed E-state index contributed by atoms with van der Waals surface area (Å²) in [4.78, 5) is 29.3. The Labute approximate surface area is 182 Å². The lowest BCUT2D eigenvalue weighted by Crippen LogP contribution is -2.64. The van der Waals surface area contributed by atoms with Crippen LogP contribution in [-0.2, 0) is 4.79 Å². The van der Waals surface area contributed by atoms with Gasteiger partial charge in [-0.3, -0.25) is 9.69 Å². The van der Waals surface area contributed by atoms with Gasteiger partial charge in [0.25, 0.3) is 0 Å². The molecule has 0 saturated carbocycles. The first-order valence-corrected chi connectivity index (χ1v) is 10.6. The van der Waals surface area contributed by atoms with Gasteiger partial charge in [-0.05, 0) is 35.6 Å². The zero-order valence-electron chi connectivity index (χ0n) is 15.8. The van der Waals surface area contributed by atoms with E-state index in [9.17, 15) is 9.59 Å². The molecule has 0 radical (unpaired) electrons. The van der Waals surface area contributed by atoms with Crippen LogP contribution in [0.5, 0.6) is 5.75 Å². The Kier molecular flexibility index (Phi) is 6.77. The van der Waals surface area contributed by atoms with Gasteiger partial charge >= 0.3 is 6.09 Å². The first-order chi connectivity index (χ1) is 13.3. The number of rotatable bonds is 5. The number of carbonyl (C=O) groups is 2. The summed E-state index contributed by atoms with van der Waals surface area (Å²) < 4.78 is 6.25. The van der Waals surface area contributed by atoms with Gasteiger partial charge in [-0.2, -0.15) is 0 Å². The van der Waals surface area contributed by atoms with E-state index >= 15 is 0 Å². The van der Waals surface area contributed by atoms with E-state index < -0.39 is 12.1 Å². The van der Waals surface area contributed by atoms with Crippen LogP contribution in [0, 0.1) is 3.57 Å². The summed E-state index contributed by atoms with van der Waals surface area (Å²) in [6.07, 6.45) is -0.864. The molecular weight excluding hydrogens is 499 g/mol. The molecule has 1 atom stereocenters. The van der Waals surface area contributed by atoms with Crippen LogP contribution in [0.25, 0.3) is 0 Å². The van der Waals surface area contributed by atoms with Gasteiger partial charge in [0.1, 0.15) is 11.8 Å². The Balaban J connectivity index is 1.53. The van der Waals surface area contributed by atoms with Crippen LogP contribution >= 0.6 is 34.2 Å². The summed E-state index contributed by atoms with van der Waals surface area (Å²) >= 11 is 8.28. The predicted octanol–water partition coefficient (Wildman–Crippen LogP) is 2.26. The van der Waals surface area contributed by atoms with Gasteiger partial charge in [0.15, 0.2) is 0 Å². The van der Waals surface area contributed by atoms with Crippen LogP contribution in [0.3, 0.4) is 0 Å². The second kappa shape index (κ2) is 8.91. The van der Waals surface area contributed by atoms with Crippen molar-refractivity contribution in [2.45, 2.75) is 19.0 Å². The van der Waals surface area contributed by atoms with E-state index in [1.54, 1.807) is 13.2 Å². The number of ether oxygens (including phenoxy) is 1.